The maximum Gasteiger partial charge on any atom is 0.256 e. The smallest absolute Gasteiger partial charge is 0.256 e. The molecule has 3 N–H and O–H groups in total. The lowest BCUT2D eigenvalue weighted by molar-refractivity contribution is 0.0368. The molecule has 1 amide bonds. The van der Waals surface area contributed by atoms with E-state index < -0.39 is 27.6 Å². The first-order valence-electron chi connectivity index (χ1n) is 9.52. The number of aromatic nitrogens is 1. The summed E-state index contributed by atoms with van der Waals surface area (Å²) in [6.45, 7) is 3.97. The van der Waals surface area contributed by atoms with Crippen molar-refractivity contribution in [2.24, 2.45) is 5.41 Å². The van der Waals surface area contributed by atoms with Crippen LogP contribution in [0, 0.1) is 23.7 Å². The molecule has 1 aliphatic heterocycles. The number of carbonyl (C=O) groups excluding carboxylic acids is 1. The van der Waals surface area contributed by atoms with Crippen LogP contribution in [0.4, 0.5) is 0 Å². The van der Waals surface area contributed by atoms with E-state index >= 15 is 0 Å². The monoisotopic (exact) mass is 482 g/mol. The molecule has 0 unspecified atom stereocenters. The summed E-state index contributed by atoms with van der Waals surface area (Å²) < 4.78 is 28.4. The number of hydrogen-bond acceptors (Lipinski definition) is 5. The van der Waals surface area contributed by atoms with Crippen molar-refractivity contribution < 1.29 is 18.3 Å². The summed E-state index contributed by atoms with van der Waals surface area (Å²) >= 11 is 12.0. The van der Waals surface area contributed by atoms with Crippen LogP contribution in [-0.4, -0.2) is 48.4 Å². The maximum atomic E-state index is 12.9. The molecule has 2 heterocycles. The third-order valence-corrected chi connectivity index (χ3v) is 7.91. The van der Waals surface area contributed by atoms with E-state index in [9.17, 15) is 18.3 Å². The Bertz CT molecular complexity index is 1230. The number of halogens is 2. The fourth-order valence-electron chi connectivity index (χ4n) is 4.07. The topological polar surface area (TPSA) is 126 Å². The molecule has 0 spiro atoms. The average Bonchev–Trinajstić information content (AvgIpc) is 3.20. The molecule has 1 saturated heterocycles. The zero-order valence-corrected chi connectivity index (χ0v) is 19.1. The van der Waals surface area contributed by atoms with Gasteiger partial charge >= 0.3 is 0 Å². The molecular weight excluding hydrogens is 463 g/mol. The molecule has 0 radical (unpaired) electrons. The number of sulfonamides is 1. The van der Waals surface area contributed by atoms with Gasteiger partial charge < -0.3 is 15.0 Å². The van der Waals surface area contributed by atoms with E-state index in [4.69, 9.17) is 28.5 Å². The van der Waals surface area contributed by atoms with Crippen LogP contribution < -0.4 is 4.72 Å². The van der Waals surface area contributed by atoms with Gasteiger partial charge in [0.2, 0.25) is 0 Å². The second kappa shape index (κ2) is 7.50. The van der Waals surface area contributed by atoms with Gasteiger partial charge in [-0.2, -0.15) is 5.26 Å². The number of benzene rings is 1. The highest BCUT2D eigenvalue weighted by atomic mass is 35.5. The summed E-state index contributed by atoms with van der Waals surface area (Å²) in [7, 11) is -4.05. The van der Waals surface area contributed by atoms with Crippen LogP contribution in [0.3, 0.4) is 0 Å². The molecule has 1 aromatic carbocycles. The number of aliphatic hydroxyl groups is 1. The van der Waals surface area contributed by atoms with Crippen LogP contribution in [-0.2, 0) is 16.4 Å². The van der Waals surface area contributed by atoms with Crippen molar-refractivity contribution in [2.45, 2.75) is 37.4 Å². The summed E-state index contributed by atoms with van der Waals surface area (Å²) in [6.07, 6.45) is -0.833. The Kier molecular flexibility index (Phi) is 5.35. The summed E-state index contributed by atoms with van der Waals surface area (Å²) in [4.78, 5) is 17.0. The first-order chi connectivity index (χ1) is 14.4. The zero-order chi connectivity index (χ0) is 22.7. The van der Waals surface area contributed by atoms with Gasteiger partial charge in [0, 0.05) is 18.8 Å². The minimum Gasteiger partial charge on any atom is -0.387 e. The molecule has 2 atom stereocenters. The molecule has 11 heteroatoms. The van der Waals surface area contributed by atoms with Gasteiger partial charge in [-0.25, -0.2) is 13.1 Å². The summed E-state index contributed by atoms with van der Waals surface area (Å²) in [5, 5.41) is 20.1. The van der Waals surface area contributed by atoms with Crippen LogP contribution >= 0.6 is 23.2 Å². The Hall–Kier alpha value is -2.09. The van der Waals surface area contributed by atoms with E-state index in [1.54, 1.807) is 19.9 Å². The van der Waals surface area contributed by atoms with Crippen molar-refractivity contribution in [3.63, 3.8) is 0 Å². The van der Waals surface area contributed by atoms with Gasteiger partial charge in [-0.1, -0.05) is 23.2 Å². The number of hydrogen-bond donors (Lipinski definition) is 3. The third-order valence-electron chi connectivity index (χ3n) is 5.78. The van der Waals surface area contributed by atoms with Crippen molar-refractivity contribution in [3.8, 4) is 6.07 Å². The Balaban J connectivity index is 1.52. The molecule has 0 saturated carbocycles. The highest BCUT2D eigenvalue weighted by Gasteiger charge is 2.43. The number of aryl methyl sites for hydroxylation is 1. The van der Waals surface area contributed by atoms with Crippen molar-refractivity contribution in [1.82, 2.24) is 14.6 Å². The van der Waals surface area contributed by atoms with Crippen LogP contribution in [0.15, 0.2) is 23.2 Å². The number of aromatic amines is 1. The standard InChI is InChI=1S/C20H20Cl2N4O4S/c1-10-12(19(28)26-8-20(2,7-23)9-26)6-17(24-10)31(29,30)25-16-4-11-3-14(21)15(22)5-13(11)18(16)27/h3,5-6,16,18,24-25,27H,4,8-9H2,1-2H3/t16-,18-/m1/s1. The lowest BCUT2D eigenvalue weighted by Crippen LogP contribution is -2.56. The largest absolute Gasteiger partial charge is 0.387 e. The Morgan fingerprint density at radius 1 is 1.32 bits per heavy atom. The number of nitriles is 1. The van der Waals surface area contributed by atoms with Crippen LogP contribution in [0.2, 0.25) is 10.0 Å². The first-order valence-corrected chi connectivity index (χ1v) is 11.8. The predicted molar refractivity (Wildman–Crippen MR) is 114 cm³/mol. The van der Waals surface area contributed by atoms with Gasteiger partial charge in [0.1, 0.15) is 5.03 Å². The summed E-state index contributed by atoms with van der Waals surface area (Å²) in [5.74, 6) is -0.333. The van der Waals surface area contributed by atoms with Gasteiger partial charge in [0.25, 0.3) is 15.9 Å². The molecule has 4 rings (SSSR count). The van der Waals surface area contributed by atoms with Gasteiger partial charge in [-0.3, -0.25) is 4.79 Å². The number of amides is 1. The van der Waals surface area contributed by atoms with Gasteiger partial charge in [0.05, 0.1) is 39.2 Å². The first kappa shape index (κ1) is 22.1. The molecule has 0 bridgehead atoms. The Morgan fingerprint density at radius 3 is 2.61 bits per heavy atom. The molecule has 2 aliphatic rings. The average molecular weight is 483 g/mol. The molecule has 2 aromatic rings. The number of fused-ring (bicyclic) bond motifs is 1. The van der Waals surface area contributed by atoms with Crippen molar-refractivity contribution >= 4 is 39.1 Å². The molecule has 8 nitrogen and oxygen atoms in total. The quantitative estimate of drug-likeness (QED) is 0.616. The van der Waals surface area contributed by atoms with Crippen LogP contribution in [0.1, 0.15) is 40.2 Å². The van der Waals surface area contributed by atoms with Gasteiger partial charge in [0.15, 0.2) is 0 Å². The second-order valence-corrected chi connectivity index (χ2v) is 10.8. The number of aliphatic hydroxyl groups excluding tert-OH is 1. The van der Waals surface area contributed by atoms with Crippen molar-refractivity contribution in [1.29, 1.82) is 5.26 Å². The lowest BCUT2D eigenvalue weighted by atomic mass is 9.83. The van der Waals surface area contributed by atoms with Gasteiger partial charge in [-0.05, 0) is 49.6 Å². The SMILES string of the molecule is Cc1[nH]c(S(=O)(=O)N[C@@H]2Cc3cc(Cl)c(Cl)cc3[C@H]2O)cc1C(=O)N1CC(C)(C#N)C1. The summed E-state index contributed by atoms with van der Waals surface area (Å²) in [5.41, 5.74) is 1.31. The van der Waals surface area contributed by atoms with E-state index in [1.807, 2.05) is 0 Å². The van der Waals surface area contributed by atoms with E-state index in [2.05, 4.69) is 15.8 Å². The van der Waals surface area contributed by atoms with E-state index in [1.165, 1.54) is 17.0 Å². The minimum atomic E-state index is -4.05. The van der Waals surface area contributed by atoms with E-state index in [0.717, 1.165) is 0 Å². The Labute approximate surface area is 189 Å². The fraction of sp³-hybridized carbons (Fsp3) is 0.400. The van der Waals surface area contributed by atoms with E-state index in [0.29, 0.717) is 34.9 Å². The van der Waals surface area contributed by atoms with E-state index in [-0.39, 0.29) is 27.9 Å². The number of likely N-dealkylation sites (tertiary alicyclic amines) is 1. The number of H-pyrrole nitrogens is 1. The minimum absolute atomic E-state index is 0.170. The number of nitrogens with one attached hydrogen (secondary N) is 2. The molecular formula is C20H20Cl2N4O4S. The zero-order valence-electron chi connectivity index (χ0n) is 16.7. The number of rotatable bonds is 4. The second-order valence-electron chi connectivity index (χ2n) is 8.35. The summed E-state index contributed by atoms with van der Waals surface area (Å²) in [6, 6.07) is 5.81. The molecule has 31 heavy (non-hydrogen) atoms. The third kappa shape index (κ3) is 3.83. The molecule has 1 aromatic heterocycles. The highest BCUT2D eigenvalue weighted by molar-refractivity contribution is 7.89. The number of nitrogens with zero attached hydrogens (tertiary/aromatic N) is 2. The molecule has 1 aliphatic carbocycles. The van der Waals surface area contributed by atoms with Crippen LogP contribution in [0.5, 0.6) is 0 Å². The van der Waals surface area contributed by atoms with Crippen molar-refractivity contribution in [2.75, 3.05) is 13.1 Å². The highest BCUT2D eigenvalue weighted by Crippen LogP contribution is 2.37. The van der Waals surface area contributed by atoms with Crippen molar-refractivity contribution in [3.05, 3.63) is 50.6 Å². The Morgan fingerprint density at radius 2 is 1.97 bits per heavy atom. The van der Waals surface area contributed by atoms with Gasteiger partial charge in [-0.15, -0.1) is 0 Å². The number of carbonyl (C=O) groups is 1. The fourth-order valence-corrected chi connectivity index (χ4v) is 5.72. The lowest BCUT2D eigenvalue weighted by Gasteiger charge is -2.43. The molecule has 1 fully saturated rings. The maximum absolute atomic E-state index is 12.9. The molecule has 164 valence electrons. The normalized spacial score (nSPS) is 22.0. The predicted octanol–water partition coefficient (Wildman–Crippen LogP) is 2.55. The van der Waals surface area contributed by atoms with Crippen LogP contribution in [0.25, 0.3) is 0 Å².